The Balaban J connectivity index is 2.12. The van der Waals surface area contributed by atoms with Gasteiger partial charge < -0.3 is 20.5 Å². The minimum absolute atomic E-state index is 0.181. The molecule has 3 N–H and O–H groups in total. The molecule has 2 heterocycles. The number of hydrogen-bond donors (Lipinski definition) is 2. The van der Waals surface area contributed by atoms with Gasteiger partial charge in [-0.1, -0.05) is 0 Å². The van der Waals surface area contributed by atoms with Gasteiger partial charge in [0.1, 0.15) is 5.82 Å². The average Bonchev–Trinajstić information content (AvgIpc) is 2.42. The zero-order valence-corrected chi connectivity index (χ0v) is 11.0. The number of nitrogens with zero attached hydrogens (tertiary/aromatic N) is 1. The predicted molar refractivity (Wildman–Crippen MR) is 72.1 cm³/mol. The third kappa shape index (κ3) is 3.35. The molecule has 6 nitrogen and oxygen atoms in total. The van der Waals surface area contributed by atoms with Gasteiger partial charge in [-0.05, 0) is 25.8 Å². The first-order chi connectivity index (χ1) is 9.22. The molecule has 1 aliphatic heterocycles. The summed E-state index contributed by atoms with van der Waals surface area (Å²) in [5.41, 5.74) is 6.63. The van der Waals surface area contributed by atoms with E-state index in [1.165, 1.54) is 0 Å². The molecule has 2 rings (SSSR count). The highest BCUT2D eigenvalue weighted by Crippen LogP contribution is 2.23. The summed E-state index contributed by atoms with van der Waals surface area (Å²) < 4.78 is 10.3. The summed E-state index contributed by atoms with van der Waals surface area (Å²) in [5.74, 6) is 0.0893. The van der Waals surface area contributed by atoms with Gasteiger partial charge in [0.25, 0.3) is 0 Å². The van der Waals surface area contributed by atoms with Crippen LogP contribution in [0.5, 0.6) is 0 Å². The fraction of sp³-hybridized carbons (Fsp3) is 0.538. The maximum absolute atomic E-state index is 11.7. The molecule has 1 aromatic heterocycles. The quantitative estimate of drug-likeness (QED) is 0.801. The Morgan fingerprint density at radius 3 is 3.21 bits per heavy atom. The van der Waals surface area contributed by atoms with Crippen LogP contribution in [0.15, 0.2) is 12.3 Å². The topological polar surface area (TPSA) is 86.5 Å². The van der Waals surface area contributed by atoms with E-state index in [0.29, 0.717) is 30.3 Å². The molecule has 0 radical (unpaired) electrons. The Bertz CT molecular complexity index is 445. The van der Waals surface area contributed by atoms with Crippen molar-refractivity contribution >= 4 is 17.5 Å². The van der Waals surface area contributed by atoms with Crippen molar-refractivity contribution in [2.45, 2.75) is 25.8 Å². The molecule has 19 heavy (non-hydrogen) atoms. The van der Waals surface area contributed by atoms with Gasteiger partial charge in [-0.2, -0.15) is 0 Å². The SMILES string of the molecule is CCOC(=O)c1ccnc(NC2CCCOC2)c1N. The zero-order chi connectivity index (χ0) is 13.7. The number of anilines is 2. The van der Waals surface area contributed by atoms with E-state index in [2.05, 4.69) is 10.3 Å². The van der Waals surface area contributed by atoms with E-state index in [1.807, 2.05) is 0 Å². The van der Waals surface area contributed by atoms with Crippen LogP contribution >= 0.6 is 0 Å². The van der Waals surface area contributed by atoms with Crippen LogP contribution in [0.3, 0.4) is 0 Å². The number of carbonyl (C=O) groups is 1. The number of aromatic nitrogens is 1. The summed E-state index contributed by atoms with van der Waals surface area (Å²) in [7, 11) is 0. The fourth-order valence-corrected chi connectivity index (χ4v) is 2.02. The smallest absolute Gasteiger partial charge is 0.340 e. The molecule has 0 saturated carbocycles. The number of rotatable bonds is 4. The highest BCUT2D eigenvalue weighted by molar-refractivity contribution is 5.97. The summed E-state index contributed by atoms with van der Waals surface area (Å²) in [6.45, 7) is 3.50. The van der Waals surface area contributed by atoms with E-state index < -0.39 is 5.97 Å². The summed E-state index contributed by atoms with van der Waals surface area (Å²) >= 11 is 0. The highest BCUT2D eigenvalue weighted by Gasteiger charge is 2.18. The number of esters is 1. The number of nitrogen functional groups attached to an aromatic ring is 1. The van der Waals surface area contributed by atoms with Crippen molar-refractivity contribution in [1.29, 1.82) is 0 Å². The Kier molecular flexibility index (Phi) is 4.57. The van der Waals surface area contributed by atoms with Crippen molar-refractivity contribution in [3.05, 3.63) is 17.8 Å². The van der Waals surface area contributed by atoms with Crippen molar-refractivity contribution in [2.24, 2.45) is 0 Å². The first kappa shape index (κ1) is 13.6. The highest BCUT2D eigenvalue weighted by atomic mass is 16.5. The second-order valence-corrected chi connectivity index (χ2v) is 4.40. The van der Waals surface area contributed by atoms with Crippen molar-refractivity contribution in [3.63, 3.8) is 0 Å². The second-order valence-electron chi connectivity index (χ2n) is 4.40. The Hall–Kier alpha value is -1.82. The van der Waals surface area contributed by atoms with Crippen LogP contribution in [-0.2, 0) is 9.47 Å². The number of ether oxygens (including phenoxy) is 2. The predicted octanol–water partition coefficient (Wildman–Crippen LogP) is 1.43. The summed E-state index contributed by atoms with van der Waals surface area (Å²) in [6.07, 6.45) is 3.56. The van der Waals surface area contributed by atoms with Gasteiger partial charge in [0.15, 0.2) is 0 Å². The average molecular weight is 265 g/mol. The van der Waals surface area contributed by atoms with E-state index in [0.717, 1.165) is 19.4 Å². The third-order valence-electron chi connectivity index (χ3n) is 2.99. The Morgan fingerprint density at radius 2 is 2.53 bits per heavy atom. The van der Waals surface area contributed by atoms with Crippen LogP contribution in [0.1, 0.15) is 30.1 Å². The first-order valence-corrected chi connectivity index (χ1v) is 6.48. The van der Waals surface area contributed by atoms with Crippen LogP contribution in [0.25, 0.3) is 0 Å². The molecule has 1 aromatic rings. The standard InChI is InChI=1S/C13H19N3O3/c1-2-19-13(17)10-5-6-15-12(11(10)14)16-9-4-3-7-18-8-9/h5-6,9H,2-4,7-8,14H2,1H3,(H,15,16). The minimum Gasteiger partial charge on any atom is -0.462 e. The van der Waals surface area contributed by atoms with Crippen LogP contribution in [0.4, 0.5) is 11.5 Å². The molecule has 0 amide bonds. The summed E-state index contributed by atoms with van der Waals surface area (Å²) in [4.78, 5) is 15.9. The molecular weight excluding hydrogens is 246 g/mol. The van der Waals surface area contributed by atoms with Gasteiger partial charge in [0.05, 0.1) is 30.5 Å². The van der Waals surface area contributed by atoms with Crippen LogP contribution in [0, 0.1) is 0 Å². The molecule has 1 saturated heterocycles. The maximum atomic E-state index is 11.7. The van der Waals surface area contributed by atoms with Crippen molar-refractivity contribution in [3.8, 4) is 0 Å². The van der Waals surface area contributed by atoms with Crippen LogP contribution < -0.4 is 11.1 Å². The van der Waals surface area contributed by atoms with E-state index in [9.17, 15) is 4.79 Å². The van der Waals surface area contributed by atoms with Crippen LogP contribution in [-0.4, -0.2) is 36.8 Å². The lowest BCUT2D eigenvalue weighted by Gasteiger charge is -2.24. The molecule has 1 aliphatic rings. The number of carbonyl (C=O) groups excluding carboxylic acids is 1. The molecule has 0 aromatic carbocycles. The lowest BCUT2D eigenvalue weighted by molar-refractivity contribution is 0.0527. The monoisotopic (exact) mass is 265 g/mol. The molecule has 6 heteroatoms. The van der Waals surface area contributed by atoms with Gasteiger partial charge in [-0.3, -0.25) is 0 Å². The fourth-order valence-electron chi connectivity index (χ4n) is 2.02. The first-order valence-electron chi connectivity index (χ1n) is 6.48. The molecule has 0 bridgehead atoms. The molecule has 0 spiro atoms. The van der Waals surface area contributed by atoms with Crippen molar-refractivity contribution in [1.82, 2.24) is 4.98 Å². The largest absolute Gasteiger partial charge is 0.462 e. The number of nitrogens with one attached hydrogen (secondary N) is 1. The van der Waals surface area contributed by atoms with Gasteiger partial charge >= 0.3 is 5.97 Å². The number of nitrogens with two attached hydrogens (primary N) is 1. The molecule has 0 aliphatic carbocycles. The minimum atomic E-state index is -0.426. The van der Waals surface area contributed by atoms with E-state index in [1.54, 1.807) is 19.2 Å². The molecule has 1 unspecified atom stereocenters. The van der Waals surface area contributed by atoms with Crippen molar-refractivity contribution in [2.75, 3.05) is 30.9 Å². The molecular formula is C13H19N3O3. The number of hydrogen-bond acceptors (Lipinski definition) is 6. The normalized spacial score (nSPS) is 18.9. The van der Waals surface area contributed by atoms with Crippen LogP contribution in [0.2, 0.25) is 0 Å². The van der Waals surface area contributed by atoms with Gasteiger partial charge in [0.2, 0.25) is 0 Å². The summed E-state index contributed by atoms with van der Waals surface area (Å²) in [5, 5.41) is 3.22. The van der Waals surface area contributed by atoms with Gasteiger partial charge in [-0.25, -0.2) is 9.78 Å². The van der Waals surface area contributed by atoms with Gasteiger partial charge in [0, 0.05) is 12.8 Å². The third-order valence-corrected chi connectivity index (χ3v) is 2.99. The van der Waals surface area contributed by atoms with E-state index in [4.69, 9.17) is 15.2 Å². The number of pyridine rings is 1. The van der Waals surface area contributed by atoms with E-state index >= 15 is 0 Å². The Labute approximate surface area is 112 Å². The van der Waals surface area contributed by atoms with Gasteiger partial charge in [-0.15, -0.1) is 0 Å². The lowest BCUT2D eigenvalue weighted by atomic mass is 10.1. The Morgan fingerprint density at radius 1 is 1.68 bits per heavy atom. The van der Waals surface area contributed by atoms with Crippen molar-refractivity contribution < 1.29 is 14.3 Å². The van der Waals surface area contributed by atoms with E-state index in [-0.39, 0.29) is 6.04 Å². The summed E-state index contributed by atoms with van der Waals surface area (Å²) in [6, 6.07) is 1.75. The maximum Gasteiger partial charge on any atom is 0.340 e. The zero-order valence-electron chi connectivity index (χ0n) is 11.0. The molecule has 104 valence electrons. The second kappa shape index (κ2) is 6.38. The molecule has 1 fully saturated rings. The lowest BCUT2D eigenvalue weighted by Crippen LogP contribution is -2.30. The molecule has 1 atom stereocenters.